The summed E-state index contributed by atoms with van der Waals surface area (Å²) >= 11 is 0. The fraction of sp³-hybridized carbons (Fsp3) is 0.625. The van der Waals surface area contributed by atoms with Crippen molar-refractivity contribution in [3.63, 3.8) is 0 Å². The van der Waals surface area contributed by atoms with Gasteiger partial charge in [-0.15, -0.1) is 0 Å². The van der Waals surface area contributed by atoms with Crippen LogP contribution in [0.3, 0.4) is 0 Å². The van der Waals surface area contributed by atoms with E-state index in [0.29, 0.717) is 19.3 Å². The summed E-state index contributed by atoms with van der Waals surface area (Å²) in [6, 6.07) is -0.734. The molecule has 0 aliphatic rings. The number of nitrogens with one attached hydrogen (secondary N) is 1. The normalized spacial score (nSPS) is 14.4. The zero-order chi connectivity index (χ0) is 39.6. The molecule has 0 aromatic rings. The Hall–Kier alpha value is -3.22. The van der Waals surface area contributed by atoms with E-state index in [0.717, 1.165) is 70.6 Å². The molecule has 0 aliphatic carbocycles. The quantitative estimate of drug-likeness (QED) is 0.0337. The van der Waals surface area contributed by atoms with Gasteiger partial charge >= 0.3 is 5.97 Å². The smallest absolute Gasteiger partial charge is 0.306 e. The van der Waals surface area contributed by atoms with E-state index in [1.807, 2.05) is 72.9 Å². The maximum Gasteiger partial charge on any atom is 0.306 e. The lowest BCUT2D eigenvalue weighted by Crippen LogP contribution is -2.46. The second-order valence-corrected chi connectivity index (χ2v) is 14.2. The van der Waals surface area contributed by atoms with Crippen molar-refractivity contribution in [2.45, 2.75) is 187 Å². The molecule has 54 heavy (non-hydrogen) atoms. The Kier molecular flexibility index (Phi) is 38.5. The summed E-state index contributed by atoms with van der Waals surface area (Å²) in [6.07, 6.45) is 53.3. The van der Waals surface area contributed by atoms with Gasteiger partial charge in [0, 0.05) is 6.42 Å². The molecule has 6 nitrogen and oxygen atoms in total. The highest BCUT2D eigenvalue weighted by molar-refractivity contribution is 5.77. The Balaban J connectivity index is 4.79. The lowest BCUT2D eigenvalue weighted by molar-refractivity contribution is -0.151. The predicted molar refractivity (Wildman–Crippen MR) is 231 cm³/mol. The first-order valence-electron chi connectivity index (χ1n) is 21.6. The first kappa shape index (κ1) is 50.8. The summed E-state index contributed by atoms with van der Waals surface area (Å²) in [7, 11) is 0. The van der Waals surface area contributed by atoms with E-state index in [1.54, 1.807) is 0 Å². The molecule has 0 aliphatic heterocycles. The average molecular weight is 750 g/mol. The van der Waals surface area contributed by atoms with Gasteiger partial charge in [0.15, 0.2) is 0 Å². The molecule has 306 valence electrons. The Bertz CT molecular complexity index is 1110. The van der Waals surface area contributed by atoms with E-state index in [4.69, 9.17) is 4.74 Å². The van der Waals surface area contributed by atoms with Crippen molar-refractivity contribution in [1.29, 1.82) is 0 Å². The van der Waals surface area contributed by atoms with Crippen LogP contribution in [0.25, 0.3) is 0 Å². The summed E-state index contributed by atoms with van der Waals surface area (Å²) in [5.41, 5.74) is 0. The maximum atomic E-state index is 13.1. The number of amides is 1. The summed E-state index contributed by atoms with van der Waals surface area (Å²) in [5, 5.41) is 23.5. The van der Waals surface area contributed by atoms with Crippen molar-refractivity contribution in [2.75, 3.05) is 6.61 Å². The minimum Gasteiger partial charge on any atom is -0.462 e. The molecule has 3 N–H and O–H groups in total. The van der Waals surface area contributed by atoms with Crippen molar-refractivity contribution in [2.24, 2.45) is 0 Å². The Morgan fingerprint density at radius 3 is 1.54 bits per heavy atom. The third-order valence-corrected chi connectivity index (χ3v) is 9.10. The summed E-state index contributed by atoms with van der Waals surface area (Å²) in [4.78, 5) is 25.9. The van der Waals surface area contributed by atoms with Crippen LogP contribution < -0.4 is 5.32 Å². The summed E-state index contributed by atoms with van der Waals surface area (Å²) in [5.74, 6) is -0.603. The van der Waals surface area contributed by atoms with E-state index in [2.05, 4.69) is 50.4 Å². The van der Waals surface area contributed by atoms with Crippen LogP contribution in [0.5, 0.6) is 0 Å². The van der Waals surface area contributed by atoms with E-state index in [-0.39, 0.29) is 24.9 Å². The van der Waals surface area contributed by atoms with Gasteiger partial charge in [-0.3, -0.25) is 9.59 Å². The summed E-state index contributed by atoms with van der Waals surface area (Å²) < 4.78 is 5.83. The lowest BCUT2D eigenvalue weighted by Gasteiger charge is -2.24. The van der Waals surface area contributed by atoms with Crippen molar-refractivity contribution in [3.8, 4) is 0 Å². The molecule has 0 heterocycles. The number of aliphatic hydroxyl groups is 2. The van der Waals surface area contributed by atoms with E-state index in [9.17, 15) is 19.8 Å². The monoisotopic (exact) mass is 750 g/mol. The van der Waals surface area contributed by atoms with Gasteiger partial charge in [-0.25, -0.2) is 0 Å². The number of ether oxygens (including phenoxy) is 1. The van der Waals surface area contributed by atoms with Crippen LogP contribution in [0.15, 0.2) is 97.2 Å². The molecular formula is C48H79NO5. The molecule has 1 amide bonds. The van der Waals surface area contributed by atoms with E-state index >= 15 is 0 Å². The minimum absolute atomic E-state index is 0.00941. The Morgan fingerprint density at radius 2 is 1.02 bits per heavy atom. The standard InChI is InChI=1S/C48H79NO5/c1-4-7-10-13-16-19-22-23-26-29-32-35-38-41-48(53)54-44(39-36-33-30-27-24-20-17-14-11-8-5-2)42-47(52)49-45(43-50)46(51)40-37-34-31-28-25-21-18-15-12-9-6-3/h7-8,10-11,13-14,16-17,19-20,22-24,26-27,30,44-46,50-51H,4-6,9,12,15,18,21,25,28-29,31-43H2,1-3H3,(H,49,52)/b10-7+,11-8+,16-13+,17-14+,22-19-,24-20-,26-23-,30-27-. The third-order valence-electron chi connectivity index (χ3n) is 9.10. The highest BCUT2D eigenvalue weighted by Gasteiger charge is 2.23. The largest absolute Gasteiger partial charge is 0.462 e. The van der Waals surface area contributed by atoms with Gasteiger partial charge in [0.05, 0.1) is 25.2 Å². The zero-order valence-electron chi connectivity index (χ0n) is 34.6. The maximum absolute atomic E-state index is 13.1. The minimum atomic E-state index is -0.815. The first-order valence-corrected chi connectivity index (χ1v) is 21.6. The number of hydrogen-bond donors (Lipinski definition) is 3. The van der Waals surface area contributed by atoms with Crippen LogP contribution in [0.1, 0.15) is 168 Å². The fourth-order valence-electron chi connectivity index (χ4n) is 5.87. The third kappa shape index (κ3) is 35.8. The second-order valence-electron chi connectivity index (χ2n) is 14.2. The molecule has 0 spiro atoms. The van der Waals surface area contributed by atoms with Gasteiger partial charge in [0.2, 0.25) is 5.91 Å². The number of allylic oxidation sites excluding steroid dienone is 16. The molecule has 0 fully saturated rings. The Labute approximate surface area is 331 Å². The van der Waals surface area contributed by atoms with Crippen LogP contribution >= 0.6 is 0 Å². The van der Waals surface area contributed by atoms with Gasteiger partial charge in [0.1, 0.15) is 6.10 Å². The molecule has 0 aromatic heterocycles. The molecule has 0 radical (unpaired) electrons. The first-order chi connectivity index (χ1) is 26.5. The van der Waals surface area contributed by atoms with Crippen molar-refractivity contribution in [3.05, 3.63) is 97.2 Å². The molecule has 3 atom stereocenters. The number of rotatable bonds is 36. The SMILES string of the molecule is CC/C=C/C=C/C=C\C=C/CCCCCC(=O)OC(CCC\C=C/C=C\C=C\C=C\CC)CC(=O)NC(CO)C(O)CCCCCCCCCCCCC. The van der Waals surface area contributed by atoms with Crippen LogP contribution in [-0.4, -0.2) is 46.9 Å². The molecule has 0 saturated heterocycles. The van der Waals surface area contributed by atoms with E-state index in [1.165, 1.54) is 51.4 Å². The highest BCUT2D eigenvalue weighted by atomic mass is 16.5. The molecular weight excluding hydrogens is 671 g/mol. The predicted octanol–water partition coefficient (Wildman–Crippen LogP) is 12.2. The van der Waals surface area contributed by atoms with Crippen LogP contribution in [-0.2, 0) is 14.3 Å². The number of unbranched alkanes of at least 4 members (excludes halogenated alkanes) is 14. The highest BCUT2D eigenvalue weighted by Crippen LogP contribution is 2.16. The van der Waals surface area contributed by atoms with Gasteiger partial charge < -0.3 is 20.3 Å². The number of esters is 1. The molecule has 6 heteroatoms. The number of carbonyl (C=O) groups is 2. The van der Waals surface area contributed by atoms with Gasteiger partial charge in [-0.05, 0) is 57.8 Å². The molecule has 0 saturated carbocycles. The average Bonchev–Trinajstić information content (AvgIpc) is 3.16. The number of carbonyl (C=O) groups excluding carboxylic acids is 2. The van der Waals surface area contributed by atoms with Crippen molar-refractivity contribution >= 4 is 11.9 Å². The van der Waals surface area contributed by atoms with Gasteiger partial charge in [-0.1, -0.05) is 195 Å². The molecule has 0 rings (SSSR count). The molecule has 0 bridgehead atoms. The van der Waals surface area contributed by atoms with Crippen LogP contribution in [0.2, 0.25) is 0 Å². The van der Waals surface area contributed by atoms with Crippen molar-refractivity contribution in [1.82, 2.24) is 5.32 Å². The molecule has 0 aromatic carbocycles. The van der Waals surface area contributed by atoms with Crippen LogP contribution in [0, 0.1) is 0 Å². The van der Waals surface area contributed by atoms with Crippen molar-refractivity contribution < 1.29 is 24.5 Å². The number of aliphatic hydroxyl groups excluding tert-OH is 2. The topological polar surface area (TPSA) is 95.9 Å². The molecule has 3 unspecified atom stereocenters. The number of hydrogen-bond acceptors (Lipinski definition) is 5. The zero-order valence-corrected chi connectivity index (χ0v) is 34.6. The second kappa shape index (κ2) is 41.0. The summed E-state index contributed by atoms with van der Waals surface area (Å²) in [6.45, 7) is 6.12. The van der Waals surface area contributed by atoms with Gasteiger partial charge in [-0.2, -0.15) is 0 Å². The van der Waals surface area contributed by atoms with Gasteiger partial charge in [0.25, 0.3) is 0 Å². The lowest BCUT2D eigenvalue weighted by atomic mass is 10.0. The van der Waals surface area contributed by atoms with E-state index < -0.39 is 18.2 Å². The fourth-order valence-corrected chi connectivity index (χ4v) is 5.87. The Morgan fingerprint density at radius 1 is 0.556 bits per heavy atom. The van der Waals surface area contributed by atoms with Crippen LogP contribution in [0.4, 0.5) is 0 Å².